The normalized spacial score (nSPS) is 11.7. The smallest absolute Gasteiger partial charge is 0.206 e. The zero-order valence-corrected chi connectivity index (χ0v) is 20.1. The summed E-state index contributed by atoms with van der Waals surface area (Å²) in [4.78, 5) is 0.463. The van der Waals surface area contributed by atoms with Gasteiger partial charge in [-0.2, -0.15) is 0 Å². The van der Waals surface area contributed by atoms with Gasteiger partial charge in [0, 0.05) is 6.26 Å². The third-order valence-electron chi connectivity index (χ3n) is 5.01. The van der Waals surface area contributed by atoms with E-state index in [1.54, 1.807) is 36.4 Å². The van der Waals surface area contributed by atoms with E-state index in [1.807, 2.05) is 31.2 Å². The average Bonchev–Trinajstić information content (AvgIpc) is 2.81. The van der Waals surface area contributed by atoms with Crippen LogP contribution in [0, 0.1) is 6.92 Å². The van der Waals surface area contributed by atoms with E-state index in [9.17, 15) is 16.8 Å². The number of ether oxygens (including phenoxy) is 2. The Labute approximate surface area is 199 Å². The van der Waals surface area contributed by atoms with Crippen molar-refractivity contribution >= 4 is 19.7 Å². The number of aryl methyl sites for hydroxylation is 1. The van der Waals surface area contributed by atoms with Crippen molar-refractivity contribution in [2.45, 2.75) is 21.6 Å². The van der Waals surface area contributed by atoms with Crippen molar-refractivity contribution in [3.63, 3.8) is 0 Å². The molecule has 4 aromatic rings. The number of sulfone groups is 2. The minimum atomic E-state index is -3.72. The van der Waals surface area contributed by atoms with Crippen molar-refractivity contribution in [1.29, 1.82) is 0 Å². The van der Waals surface area contributed by atoms with E-state index < -0.39 is 19.7 Å². The zero-order chi connectivity index (χ0) is 24.3. The minimum absolute atomic E-state index is 0.125. The largest absolute Gasteiger partial charge is 0.457 e. The van der Waals surface area contributed by atoms with Crippen LogP contribution in [0.2, 0.25) is 0 Å². The molecule has 0 N–H and O–H groups in total. The monoisotopic (exact) mass is 494 g/mol. The van der Waals surface area contributed by atoms with Crippen LogP contribution in [0.4, 0.5) is 0 Å². The summed E-state index contributed by atoms with van der Waals surface area (Å²) in [5, 5.41) is 0. The molecule has 0 aliphatic carbocycles. The van der Waals surface area contributed by atoms with Gasteiger partial charge in [0.2, 0.25) is 9.84 Å². The van der Waals surface area contributed by atoms with Crippen LogP contribution < -0.4 is 9.47 Å². The predicted octanol–water partition coefficient (Wildman–Crippen LogP) is 5.82. The quantitative estimate of drug-likeness (QED) is 0.322. The van der Waals surface area contributed by atoms with Crippen LogP contribution in [0.5, 0.6) is 23.0 Å². The summed E-state index contributed by atoms with van der Waals surface area (Å²) in [5.41, 5.74) is 1.12. The first kappa shape index (κ1) is 23.5. The predicted molar refractivity (Wildman–Crippen MR) is 129 cm³/mol. The minimum Gasteiger partial charge on any atom is -0.457 e. The highest BCUT2D eigenvalue weighted by atomic mass is 32.2. The Balaban J connectivity index is 1.46. The molecular formula is C26H22O6S2. The van der Waals surface area contributed by atoms with Crippen LogP contribution >= 0.6 is 0 Å². The molecule has 0 aliphatic heterocycles. The van der Waals surface area contributed by atoms with Crippen LogP contribution in [0.25, 0.3) is 0 Å². The Morgan fingerprint density at radius 2 is 0.765 bits per heavy atom. The fourth-order valence-electron chi connectivity index (χ4n) is 3.14. The lowest BCUT2D eigenvalue weighted by Gasteiger charge is -2.10. The molecule has 4 aromatic carbocycles. The van der Waals surface area contributed by atoms with E-state index in [1.165, 1.54) is 36.4 Å². The van der Waals surface area contributed by atoms with Gasteiger partial charge in [0.25, 0.3) is 0 Å². The van der Waals surface area contributed by atoms with Gasteiger partial charge in [0.05, 0.1) is 14.7 Å². The lowest BCUT2D eigenvalue weighted by molar-refractivity contribution is 0.481. The number of rotatable bonds is 7. The second-order valence-electron chi connectivity index (χ2n) is 7.71. The van der Waals surface area contributed by atoms with Gasteiger partial charge in [-0.15, -0.1) is 0 Å². The Kier molecular flexibility index (Phi) is 6.45. The molecule has 6 nitrogen and oxygen atoms in total. The second kappa shape index (κ2) is 9.32. The summed E-state index contributed by atoms with van der Waals surface area (Å²) in [7, 11) is -7.01. The van der Waals surface area contributed by atoms with Crippen molar-refractivity contribution in [2.75, 3.05) is 6.26 Å². The SMILES string of the molecule is Cc1ccc(Oc2ccc(S(=O)(=O)c3ccc(Oc4ccc(S(C)(=O)=O)cc4)cc3)cc2)cc1. The summed E-state index contributed by atoms with van der Waals surface area (Å²) < 4.78 is 60.6. The molecule has 174 valence electrons. The molecule has 0 fully saturated rings. The molecule has 0 aromatic heterocycles. The average molecular weight is 495 g/mol. The van der Waals surface area contributed by atoms with E-state index in [0.717, 1.165) is 11.8 Å². The standard InChI is InChI=1S/C26H22O6S2/c1-19-3-5-20(6-4-19)31-22-9-15-25(16-10-22)34(29,30)26-17-11-23(12-18-26)32-21-7-13-24(14-8-21)33(2,27)28/h3-18H,1-2H3. The lowest BCUT2D eigenvalue weighted by Crippen LogP contribution is -2.02. The lowest BCUT2D eigenvalue weighted by atomic mass is 10.2. The first-order valence-electron chi connectivity index (χ1n) is 10.3. The Morgan fingerprint density at radius 1 is 0.471 bits per heavy atom. The Hall–Kier alpha value is -3.62. The van der Waals surface area contributed by atoms with Gasteiger partial charge in [-0.25, -0.2) is 16.8 Å². The van der Waals surface area contributed by atoms with Gasteiger partial charge in [-0.05, 0) is 91.9 Å². The molecule has 0 radical (unpaired) electrons. The summed E-state index contributed by atoms with van der Waals surface area (Å²) in [6.07, 6.45) is 1.13. The molecule has 0 spiro atoms. The van der Waals surface area contributed by atoms with Crippen LogP contribution in [-0.4, -0.2) is 23.1 Å². The van der Waals surface area contributed by atoms with E-state index in [2.05, 4.69) is 0 Å². The summed E-state index contributed by atoms with van der Waals surface area (Å²) >= 11 is 0. The molecule has 0 heterocycles. The van der Waals surface area contributed by atoms with E-state index in [-0.39, 0.29) is 14.7 Å². The van der Waals surface area contributed by atoms with E-state index >= 15 is 0 Å². The third kappa shape index (κ3) is 5.47. The summed E-state index contributed by atoms with van der Waals surface area (Å²) in [5.74, 6) is 2.07. The number of hydrogen-bond acceptors (Lipinski definition) is 6. The molecule has 0 aliphatic rings. The molecule has 0 saturated carbocycles. The van der Waals surface area contributed by atoms with Gasteiger partial charge in [0.1, 0.15) is 23.0 Å². The van der Waals surface area contributed by atoms with Gasteiger partial charge in [-0.3, -0.25) is 0 Å². The van der Waals surface area contributed by atoms with Crippen molar-refractivity contribution in [3.8, 4) is 23.0 Å². The van der Waals surface area contributed by atoms with Crippen molar-refractivity contribution in [2.24, 2.45) is 0 Å². The molecule has 8 heteroatoms. The molecule has 0 bridgehead atoms. The van der Waals surface area contributed by atoms with Gasteiger partial charge < -0.3 is 9.47 Å². The summed E-state index contributed by atoms with van der Waals surface area (Å²) in [6.45, 7) is 1.99. The van der Waals surface area contributed by atoms with E-state index in [4.69, 9.17) is 9.47 Å². The molecule has 0 saturated heterocycles. The molecule has 0 atom stereocenters. The van der Waals surface area contributed by atoms with E-state index in [0.29, 0.717) is 23.0 Å². The van der Waals surface area contributed by atoms with Crippen LogP contribution in [-0.2, 0) is 19.7 Å². The molecule has 4 rings (SSSR count). The molecular weight excluding hydrogens is 472 g/mol. The first-order chi connectivity index (χ1) is 16.1. The van der Waals surface area contributed by atoms with Crippen LogP contribution in [0.15, 0.2) is 112 Å². The Bertz CT molecular complexity index is 1490. The molecule has 0 amide bonds. The first-order valence-corrected chi connectivity index (χ1v) is 13.7. The van der Waals surface area contributed by atoms with Crippen LogP contribution in [0.1, 0.15) is 5.56 Å². The van der Waals surface area contributed by atoms with Crippen molar-refractivity contribution < 1.29 is 26.3 Å². The molecule has 0 unspecified atom stereocenters. The maximum Gasteiger partial charge on any atom is 0.206 e. The maximum atomic E-state index is 13.0. The molecule has 34 heavy (non-hydrogen) atoms. The Morgan fingerprint density at radius 3 is 1.09 bits per heavy atom. The maximum absolute atomic E-state index is 13.0. The highest BCUT2D eigenvalue weighted by molar-refractivity contribution is 7.91. The van der Waals surface area contributed by atoms with Crippen LogP contribution in [0.3, 0.4) is 0 Å². The third-order valence-corrected chi connectivity index (χ3v) is 7.93. The van der Waals surface area contributed by atoms with Crippen molar-refractivity contribution in [1.82, 2.24) is 0 Å². The number of hydrogen-bond donors (Lipinski definition) is 0. The fourth-order valence-corrected chi connectivity index (χ4v) is 5.03. The highest BCUT2D eigenvalue weighted by Crippen LogP contribution is 2.29. The van der Waals surface area contributed by atoms with Gasteiger partial charge in [0.15, 0.2) is 9.84 Å². The zero-order valence-electron chi connectivity index (χ0n) is 18.5. The topological polar surface area (TPSA) is 86.7 Å². The van der Waals surface area contributed by atoms with Gasteiger partial charge >= 0.3 is 0 Å². The van der Waals surface area contributed by atoms with Crippen molar-refractivity contribution in [3.05, 3.63) is 103 Å². The summed E-state index contributed by atoms with van der Waals surface area (Å²) in [6, 6.07) is 25.8. The number of benzene rings is 4. The van der Waals surface area contributed by atoms with Gasteiger partial charge in [-0.1, -0.05) is 17.7 Å². The fraction of sp³-hybridized carbons (Fsp3) is 0.0769. The highest BCUT2D eigenvalue weighted by Gasteiger charge is 2.18. The second-order valence-corrected chi connectivity index (χ2v) is 11.7.